The summed E-state index contributed by atoms with van der Waals surface area (Å²) >= 11 is 0. The standard InChI is InChI=1S/C50H35NO/c1-3-11-34(4-2)35-20-26-41(27-21-35)51(42-28-22-36(23-29-42)38-25-31-50-47(33-38)46-15-8-10-17-49(46)52-50)48-16-9-7-14-45(48)40-24-30-44-39(32-40)19-18-37-12-5-6-13-43(37)44/h3-33H,1-2H2/b34-11+. The lowest BCUT2D eigenvalue weighted by molar-refractivity contribution is 0.669. The highest BCUT2D eigenvalue weighted by atomic mass is 16.3. The molecule has 0 radical (unpaired) electrons. The van der Waals surface area contributed by atoms with E-state index in [2.05, 4.69) is 176 Å². The number of fused-ring (bicyclic) bond motifs is 6. The largest absolute Gasteiger partial charge is 0.456 e. The van der Waals surface area contributed by atoms with Crippen LogP contribution in [0.25, 0.3) is 71.3 Å². The number of para-hydroxylation sites is 2. The summed E-state index contributed by atoms with van der Waals surface area (Å²) in [5, 5.41) is 7.26. The molecular weight excluding hydrogens is 631 g/mol. The lowest BCUT2D eigenvalue weighted by atomic mass is 9.96. The number of hydrogen-bond donors (Lipinski definition) is 0. The Morgan fingerprint density at radius 2 is 1.12 bits per heavy atom. The average molecular weight is 666 g/mol. The van der Waals surface area contributed by atoms with Crippen LogP contribution in [0.5, 0.6) is 0 Å². The fourth-order valence-electron chi connectivity index (χ4n) is 7.44. The van der Waals surface area contributed by atoms with Crippen LogP contribution >= 0.6 is 0 Å². The van der Waals surface area contributed by atoms with Crippen LogP contribution in [0.2, 0.25) is 0 Å². The molecule has 9 rings (SSSR count). The molecule has 0 unspecified atom stereocenters. The molecule has 8 aromatic carbocycles. The van der Waals surface area contributed by atoms with Gasteiger partial charge in [-0.05, 0) is 104 Å². The van der Waals surface area contributed by atoms with E-state index < -0.39 is 0 Å². The van der Waals surface area contributed by atoms with Gasteiger partial charge in [0, 0.05) is 27.7 Å². The monoisotopic (exact) mass is 665 g/mol. The number of allylic oxidation sites excluding steroid dienone is 4. The number of furan rings is 1. The first kappa shape index (κ1) is 31.1. The van der Waals surface area contributed by atoms with Crippen molar-refractivity contribution in [2.24, 2.45) is 0 Å². The molecule has 0 aliphatic heterocycles. The fourth-order valence-corrected chi connectivity index (χ4v) is 7.44. The van der Waals surface area contributed by atoms with Crippen LogP contribution in [0.3, 0.4) is 0 Å². The van der Waals surface area contributed by atoms with Gasteiger partial charge in [-0.3, -0.25) is 0 Å². The molecule has 2 heteroatoms. The van der Waals surface area contributed by atoms with Crippen LogP contribution in [0.1, 0.15) is 5.56 Å². The Balaban J connectivity index is 1.16. The van der Waals surface area contributed by atoms with Gasteiger partial charge in [0.25, 0.3) is 0 Å². The first-order valence-corrected chi connectivity index (χ1v) is 17.6. The molecule has 0 bridgehead atoms. The second kappa shape index (κ2) is 13.1. The third-order valence-corrected chi connectivity index (χ3v) is 10.0. The summed E-state index contributed by atoms with van der Waals surface area (Å²) in [6.07, 6.45) is 5.66. The summed E-state index contributed by atoms with van der Waals surface area (Å²) in [4.78, 5) is 2.35. The van der Waals surface area contributed by atoms with E-state index in [1.807, 2.05) is 24.3 Å². The molecule has 1 heterocycles. The number of hydrogen-bond acceptors (Lipinski definition) is 2. The van der Waals surface area contributed by atoms with Gasteiger partial charge in [-0.15, -0.1) is 0 Å². The second-order valence-electron chi connectivity index (χ2n) is 13.0. The van der Waals surface area contributed by atoms with Gasteiger partial charge < -0.3 is 9.32 Å². The Morgan fingerprint density at radius 3 is 1.92 bits per heavy atom. The van der Waals surface area contributed by atoms with Gasteiger partial charge >= 0.3 is 0 Å². The number of rotatable bonds is 8. The Kier molecular flexibility index (Phi) is 7.83. The van der Waals surface area contributed by atoms with E-state index in [9.17, 15) is 0 Å². The summed E-state index contributed by atoms with van der Waals surface area (Å²) < 4.78 is 6.11. The molecule has 1 aromatic heterocycles. The second-order valence-corrected chi connectivity index (χ2v) is 13.0. The molecule has 52 heavy (non-hydrogen) atoms. The Morgan fingerprint density at radius 1 is 0.481 bits per heavy atom. The maximum atomic E-state index is 6.11. The van der Waals surface area contributed by atoms with Gasteiger partial charge in [0.2, 0.25) is 0 Å². The lowest BCUT2D eigenvalue weighted by Crippen LogP contribution is -2.11. The fraction of sp³-hybridized carbons (Fsp3) is 0. The average Bonchev–Trinajstić information content (AvgIpc) is 3.59. The molecule has 9 aromatic rings. The van der Waals surface area contributed by atoms with Crippen LogP contribution in [0.15, 0.2) is 206 Å². The van der Waals surface area contributed by atoms with Crippen molar-refractivity contribution in [1.29, 1.82) is 0 Å². The van der Waals surface area contributed by atoms with Gasteiger partial charge in [-0.1, -0.05) is 147 Å². The number of nitrogens with zero attached hydrogens (tertiary/aromatic N) is 1. The lowest BCUT2D eigenvalue weighted by Gasteiger charge is -2.28. The predicted octanol–water partition coefficient (Wildman–Crippen LogP) is 14.5. The van der Waals surface area contributed by atoms with Gasteiger partial charge in [0.05, 0.1) is 5.69 Å². The smallest absolute Gasteiger partial charge is 0.135 e. The molecular formula is C50H35NO. The molecule has 0 atom stereocenters. The highest BCUT2D eigenvalue weighted by Crippen LogP contribution is 2.43. The van der Waals surface area contributed by atoms with E-state index >= 15 is 0 Å². The zero-order valence-corrected chi connectivity index (χ0v) is 28.7. The topological polar surface area (TPSA) is 16.4 Å². The summed E-state index contributed by atoms with van der Waals surface area (Å²) in [6, 6.07) is 60.8. The van der Waals surface area contributed by atoms with Crippen molar-refractivity contribution < 1.29 is 4.42 Å². The van der Waals surface area contributed by atoms with Crippen molar-refractivity contribution in [1.82, 2.24) is 0 Å². The maximum absolute atomic E-state index is 6.11. The van der Waals surface area contributed by atoms with E-state index in [4.69, 9.17) is 4.42 Å². The van der Waals surface area contributed by atoms with E-state index in [0.717, 1.165) is 66.8 Å². The first-order valence-electron chi connectivity index (χ1n) is 17.6. The van der Waals surface area contributed by atoms with Crippen molar-refractivity contribution in [3.8, 4) is 22.3 Å². The van der Waals surface area contributed by atoms with Crippen LogP contribution in [-0.2, 0) is 0 Å². The minimum absolute atomic E-state index is 0.900. The summed E-state index contributed by atoms with van der Waals surface area (Å²) in [6.45, 7) is 7.91. The van der Waals surface area contributed by atoms with Crippen LogP contribution in [0, 0.1) is 0 Å². The molecule has 0 spiro atoms. The van der Waals surface area contributed by atoms with Crippen molar-refractivity contribution in [2.75, 3.05) is 4.90 Å². The molecule has 0 amide bonds. The molecule has 246 valence electrons. The quantitative estimate of drug-likeness (QED) is 0.119. The van der Waals surface area contributed by atoms with Crippen molar-refractivity contribution >= 4 is 66.1 Å². The number of anilines is 3. The molecule has 0 aliphatic rings. The Labute approximate surface area is 303 Å². The normalized spacial score (nSPS) is 11.7. The van der Waals surface area contributed by atoms with Crippen molar-refractivity contribution in [2.45, 2.75) is 0 Å². The summed E-state index contributed by atoms with van der Waals surface area (Å²) in [5.74, 6) is 0. The highest BCUT2D eigenvalue weighted by Gasteiger charge is 2.18. The van der Waals surface area contributed by atoms with Crippen LogP contribution < -0.4 is 4.90 Å². The Hall–Kier alpha value is -6.90. The van der Waals surface area contributed by atoms with E-state index in [-0.39, 0.29) is 0 Å². The molecule has 0 N–H and O–H groups in total. The van der Waals surface area contributed by atoms with Gasteiger partial charge in [0.15, 0.2) is 0 Å². The third kappa shape index (κ3) is 5.48. The zero-order chi connectivity index (χ0) is 35.0. The summed E-state index contributed by atoms with van der Waals surface area (Å²) in [7, 11) is 0. The SMILES string of the molecule is C=C/C=C(\C=C)c1ccc(N(c2ccc(-c3ccc4oc5ccccc5c4c3)cc2)c2ccccc2-c2ccc3c(ccc4ccccc43)c2)cc1. The maximum Gasteiger partial charge on any atom is 0.135 e. The molecule has 0 saturated carbocycles. The molecule has 2 nitrogen and oxygen atoms in total. The predicted molar refractivity (Wildman–Crippen MR) is 223 cm³/mol. The van der Waals surface area contributed by atoms with E-state index in [1.54, 1.807) is 6.08 Å². The van der Waals surface area contributed by atoms with Crippen LogP contribution in [0.4, 0.5) is 17.1 Å². The number of benzene rings is 8. The third-order valence-electron chi connectivity index (χ3n) is 10.0. The zero-order valence-electron chi connectivity index (χ0n) is 28.7. The van der Waals surface area contributed by atoms with Gasteiger partial charge in [0.1, 0.15) is 11.2 Å². The molecule has 0 fully saturated rings. The highest BCUT2D eigenvalue weighted by molar-refractivity contribution is 6.09. The van der Waals surface area contributed by atoms with Gasteiger partial charge in [-0.2, -0.15) is 0 Å². The van der Waals surface area contributed by atoms with E-state index in [1.165, 1.54) is 27.1 Å². The first-order chi connectivity index (χ1) is 25.7. The minimum atomic E-state index is 0.900. The summed E-state index contributed by atoms with van der Waals surface area (Å²) in [5.41, 5.74) is 11.8. The minimum Gasteiger partial charge on any atom is -0.456 e. The molecule has 0 aliphatic carbocycles. The Bertz CT molecular complexity index is 2820. The van der Waals surface area contributed by atoms with E-state index in [0.29, 0.717) is 0 Å². The van der Waals surface area contributed by atoms with Crippen molar-refractivity contribution in [3.63, 3.8) is 0 Å². The van der Waals surface area contributed by atoms with Crippen LogP contribution in [-0.4, -0.2) is 0 Å². The van der Waals surface area contributed by atoms with Crippen molar-refractivity contribution in [3.05, 3.63) is 207 Å². The molecule has 0 saturated heterocycles. The van der Waals surface area contributed by atoms with Gasteiger partial charge in [-0.25, -0.2) is 0 Å².